The van der Waals surface area contributed by atoms with Crippen molar-refractivity contribution in [3.63, 3.8) is 0 Å². The molecule has 0 heterocycles. The lowest BCUT2D eigenvalue weighted by atomic mass is 10.2. The lowest BCUT2D eigenvalue weighted by Crippen LogP contribution is -2.42. The Labute approximate surface area is 104 Å². The van der Waals surface area contributed by atoms with Crippen molar-refractivity contribution in [3.8, 4) is 0 Å². The Morgan fingerprint density at radius 1 is 1.35 bits per heavy atom. The molecule has 1 aliphatic rings. The Bertz CT molecular complexity index is 299. The Hall–Kier alpha value is -0.170. The maximum atomic E-state index is 12.1. The fraction of sp³-hybridized carbons (Fsp3) is 1.00. The molecule has 5 nitrogen and oxygen atoms in total. The van der Waals surface area contributed by atoms with Crippen LogP contribution in [-0.4, -0.2) is 56.0 Å². The summed E-state index contributed by atoms with van der Waals surface area (Å²) in [6, 6.07) is 0.0776. The molecule has 17 heavy (non-hydrogen) atoms. The van der Waals surface area contributed by atoms with Gasteiger partial charge in [-0.1, -0.05) is 12.8 Å². The zero-order valence-corrected chi connectivity index (χ0v) is 11.3. The van der Waals surface area contributed by atoms with Gasteiger partial charge in [0.25, 0.3) is 0 Å². The minimum absolute atomic E-state index is 0.0112. The normalized spacial score (nSPS) is 18.1. The van der Waals surface area contributed by atoms with E-state index >= 15 is 0 Å². The van der Waals surface area contributed by atoms with Crippen LogP contribution in [0.15, 0.2) is 0 Å². The van der Waals surface area contributed by atoms with E-state index in [-0.39, 0.29) is 31.6 Å². The molecule has 6 heteroatoms. The summed E-state index contributed by atoms with van der Waals surface area (Å²) in [6.07, 6.45) is 3.98. The van der Waals surface area contributed by atoms with Gasteiger partial charge in [0, 0.05) is 19.2 Å². The molecule has 0 aromatic carbocycles. The first-order valence-corrected chi connectivity index (χ1v) is 7.91. The molecule has 0 aliphatic heterocycles. The summed E-state index contributed by atoms with van der Waals surface area (Å²) >= 11 is 0. The van der Waals surface area contributed by atoms with Gasteiger partial charge in [-0.2, -0.15) is 4.31 Å². The Morgan fingerprint density at radius 3 is 2.53 bits per heavy atom. The molecule has 0 amide bonds. The lowest BCUT2D eigenvalue weighted by Gasteiger charge is -2.27. The van der Waals surface area contributed by atoms with E-state index in [1.165, 1.54) is 4.31 Å². The molecule has 102 valence electrons. The third-order valence-electron chi connectivity index (χ3n) is 3.10. The molecule has 1 rings (SSSR count). The molecule has 0 unspecified atom stereocenters. The highest BCUT2D eigenvalue weighted by Gasteiger charge is 2.31. The summed E-state index contributed by atoms with van der Waals surface area (Å²) in [7, 11) is -3.29. The first-order chi connectivity index (χ1) is 8.11. The third kappa shape index (κ3) is 4.54. The molecule has 0 bridgehead atoms. The van der Waals surface area contributed by atoms with E-state index in [0.717, 1.165) is 25.7 Å². The van der Waals surface area contributed by atoms with Crippen LogP contribution in [0.25, 0.3) is 0 Å². The number of sulfonamides is 1. The molecule has 1 N–H and O–H groups in total. The van der Waals surface area contributed by atoms with Crippen LogP contribution in [0.5, 0.6) is 0 Å². The topological polar surface area (TPSA) is 66.8 Å². The summed E-state index contributed by atoms with van der Waals surface area (Å²) in [6.45, 7) is 2.69. The average Bonchev–Trinajstić information content (AvgIpc) is 2.79. The average molecular weight is 265 g/mol. The summed E-state index contributed by atoms with van der Waals surface area (Å²) in [5, 5.41) is 8.99. The van der Waals surface area contributed by atoms with E-state index in [2.05, 4.69) is 0 Å². The molecule has 1 fully saturated rings. The number of hydrogen-bond donors (Lipinski definition) is 1. The monoisotopic (exact) mass is 265 g/mol. The van der Waals surface area contributed by atoms with Gasteiger partial charge in [0.1, 0.15) is 0 Å². The van der Waals surface area contributed by atoms with Crippen LogP contribution in [0.4, 0.5) is 0 Å². The highest BCUT2D eigenvalue weighted by molar-refractivity contribution is 7.89. The van der Waals surface area contributed by atoms with Crippen LogP contribution in [0.2, 0.25) is 0 Å². The quantitative estimate of drug-likeness (QED) is 0.652. The second-order valence-electron chi connectivity index (χ2n) is 4.29. The van der Waals surface area contributed by atoms with Gasteiger partial charge < -0.3 is 9.84 Å². The predicted molar refractivity (Wildman–Crippen MR) is 66.3 cm³/mol. The fourth-order valence-electron chi connectivity index (χ4n) is 2.27. The van der Waals surface area contributed by atoms with Gasteiger partial charge in [-0.3, -0.25) is 0 Å². The van der Waals surface area contributed by atoms with E-state index in [1.54, 1.807) is 0 Å². The summed E-state index contributed by atoms with van der Waals surface area (Å²) in [4.78, 5) is 0. The molecular formula is C11H23NO4S. The van der Waals surface area contributed by atoms with Gasteiger partial charge >= 0.3 is 0 Å². The molecule has 0 aromatic heterocycles. The lowest BCUT2D eigenvalue weighted by molar-refractivity contribution is 0.161. The Morgan fingerprint density at radius 2 is 2.00 bits per heavy atom. The Balaban J connectivity index is 2.60. The van der Waals surface area contributed by atoms with E-state index in [1.807, 2.05) is 6.92 Å². The standard InChI is InChI=1S/C11H23NO4S/c1-2-16-9-10-17(14,15)12(7-8-13)11-5-3-4-6-11/h11,13H,2-10H2,1H3. The smallest absolute Gasteiger partial charge is 0.216 e. The van der Waals surface area contributed by atoms with Gasteiger partial charge in [-0.05, 0) is 19.8 Å². The van der Waals surface area contributed by atoms with Gasteiger partial charge in [0.2, 0.25) is 10.0 Å². The van der Waals surface area contributed by atoms with Crippen LogP contribution < -0.4 is 0 Å². The van der Waals surface area contributed by atoms with Crippen molar-refractivity contribution in [1.82, 2.24) is 4.31 Å². The highest BCUT2D eigenvalue weighted by atomic mass is 32.2. The van der Waals surface area contributed by atoms with Crippen molar-refractivity contribution >= 4 is 10.0 Å². The number of hydrogen-bond acceptors (Lipinski definition) is 4. The molecule has 0 atom stereocenters. The van der Waals surface area contributed by atoms with Gasteiger partial charge in [-0.15, -0.1) is 0 Å². The van der Waals surface area contributed by atoms with Crippen LogP contribution in [0.1, 0.15) is 32.6 Å². The second-order valence-corrected chi connectivity index (χ2v) is 6.33. The summed E-state index contributed by atoms with van der Waals surface area (Å²) < 4.78 is 30.8. The predicted octanol–water partition coefficient (Wildman–Crippen LogP) is 0.590. The second kappa shape index (κ2) is 7.31. The van der Waals surface area contributed by atoms with Crippen molar-refractivity contribution in [1.29, 1.82) is 0 Å². The van der Waals surface area contributed by atoms with E-state index in [9.17, 15) is 8.42 Å². The van der Waals surface area contributed by atoms with Crippen LogP contribution >= 0.6 is 0 Å². The number of rotatable bonds is 8. The molecular weight excluding hydrogens is 242 g/mol. The maximum absolute atomic E-state index is 12.1. The summed E-state index contributed by atoms with van der Waals surface area (Å²) in [5.74, 6) is 0.0112. The largest absolute Gasteiger partial charge is 0.395 e. The van der Waals surface area contributed by atoms with Crippen LogP contribution in [0, 0.1) is 0 Å². The summed E-state index contributed by atoms with van der Waals surface area (Å²) in [5.41, 5.74) is 0. The fourth-order valence-corrected chi connectivity index (χ4v) is 3.85. The van der Waals surface area contributed by atoms with Crippen molar-refractivity contribution in [2.45, 2.75) is 38.6 Å². The number of aliphatic hydroxyl groups is 1. The Kier molecular flexibility index (Phi) is 6.40. The highest BCUT2D eigenvalue weighted by Crippen LogP contribution is 2.25. The van der Waals surface area contributed by atoms with Gasteiger partial charge in [0.15, 0.2) is 0 Å². The number of nitrogens with zero attached hydrogens (tertiary/aromatic N) is 1. The van der Waals surface area contributed by atoms with Crippen molar-refractivity contribution in [2.24, 2.45) is 0 Å². The number of aliphatic hydroxyl groups excluding tert-OH is 1. The van der Waals surface area contributed by atoms with Crippen molar-refractivity contribution in [3.05, 3.63) is 0 Å². The zero-order chi connectivity index (χ0) is 12.7. The van der Waals surface area contributed by atoms with Crippen LogP contribution in [0.3, 0.4) is 0 Å². The minimum atomic E-state index is -3.29. The van der Waals surface area contributed by atoms with E-state index in [0.29, 0.717) is 6.61 Å². The van der Waals surface area contributed by atoms with E-state index < -0.39 is 10.0 Å². The minimum Gasteiger partial charge on any atom is -0.395 e. The molecule has 0 aromatic rings. The molecule has 0 spiro atoms. The van der Waals surface area contributed by atoms with Crippen LogP contribution in [-0.2, 0) is 14.8 Å². The van der Waals surface area contributed by atoms with E-state index in [4.69, 9.17) is 9.84 Å². The van der Waals surface area contributed by atoms with Gasteiger partial charge in [0.05, 0.1) is 19.0 Å². The molecule has 0 radical (unpaired) electrons. The molecule has 1 aliphatic carbocycles. The maximum Gasteiger partial charge on any atom is 0.216 e. The third-order valence-corrected chi connectivity index (χ3v) is 4.98. The van der Waals surface area contributed by atoms with Crippen molar-refractivity contribution in [2.75, 3.05) is 32.1 Å². The first-order valence-electron chi connectivity index (χ1n) is 6.30. The molecule has 0 saturated heterocycles. The zero-order valence-electron chi connectivity index (χ0n) is 10.5. The SMILES string of the molecule is CCOCCS(=O)(=O)N(CCO)C1CCCC1. The first kappa shape index (κ1) is 14.9. The molecule has 1 saturated carbocycles. The van der Waals surface area contributed by atoms with Gasteiger partial charge in [-0.25, -0.2) is 8.42 Å². The van der Waals surface area contributed by atoms with Crippen molar-refractivity contribution < 1.29 is 18.3 Å². The number of ether oxygens (including phenoxy) is 1.